The number of ketones is 1. The number of ether oxygens (including phenoxy) is 2. The molecule has 1 atom stereocenters. The van der Waals surface area contributed by atoms with E-state index in [9.17, 15) is 19.5 Å². The molecule has 30 heavy (non-hydrogen) atoms. The molecule has 0 aliphatic carbocycles. The third kappa shape index (κ3) is 13.0. The summed E-state index contributed by atoms with van der Waals surface area (Å²) in [6.07, 6.45) is 12.3. The summed E-state index contributed by atoms with van der Waals surface area (Å²) < 4.78 is 10.3. The number of hydrogen-bond acceptors (Lipinski definition) is 6. The van der Waals surface area contributed by atoms with E-state index in [1.165, 1.54) is 25.7 Å². The van der Waals surface area contributed by atoms with Crippen LogP contribution in [0.4, 0.5) is 0 Å². The summed E-state index contributed by atoms with van der Waals surface area (Å²) in [6.45, 7) is 6.45. The number of carbonyl (C=O) groups excluding carboxylic acids is 3. The molecule has 0 radical (unpaired) electrons. The van der Waals surface area contributed by atoms with Gasteiger partial charge < -0.3 is 14.6 Å². The molecule has 0 fully saturated rings. The Morgan fingerprint density at radius 2 is 1.13 bits per heavy atom. The summed E-state index contributed by atoms with van der Waals surface area (Å²) in [5, 5.41) is 10.7. The number of hydrogen-bond donors (Lipinski definition) is 1. The first kappa shape index (κ1) is 28.6. The normalized spacial score (nSPS) is 12.9. The zero-order valence-electron chi connectivity index (χ0n) is 19.5. The third-order valence-electron chi connectivity index (χ3n) is 5.17. The highest BCUT2D eigenvalue weighted by atomic mass is 16.6. The molecule has 6 heteroatoms. The second kappa shape index (κ2) is 18.3. The van der Waals surface area contributed by atoms with Gasteiger partial charge in [0.2, 0.25) is 5.60 Å². The lowest BCUT2D eigenvalue weighted by atomic mass is 9.91. The van der Waals surface area contributed by atoms with Crippen LogP contribution in [0.15, 0.2) is 0 Å². The van der Waals surface area contributed by atoms with E-state index in [1.54, 1.807) is 6.92 Å². The van der Waals surface area contributed by atoms with Gasteiger partial charge in [-0.25, -0.2) is 4.79 Å². The zero-order chi connectivity index (χ0) is 22.7. The maximum Gasteiger partial charge on any atom is 0.346 e. The standard InChI is InChI=1S/C24H44O6/c1-4-7-9-11-13-15-18-29-22(26)20-24(28,21(25)17-6-3)23(27)30-19-16-14-12-10-8-5-2/h28H,4-20H2,1-3H3. The second-order valence-electron chi connectivity index (χ2n) is 8.10. The largest absolute Gasteiger partial charge is 0.466 e. The van der Waals surface area contributed by atoms with E-state index in [2.05, 4.69) is 13.8 Å². The monoisotopic (exact) mass is 428 g/mol. The SMILES string of the molecule is CCCCCCCCOC(=O)CC(O)(C(=O)CCC)C(=O)OCCCCCCCC. The van der Waals surface area contributed by atoms with Crippen LogP contribution < -0.4 is 0 Å². The zero-order valence-corrected chi connectivity index (χ0v) is 19.5. The van der Waals surface area contributed by atoms with Crippen molar-refractivity contribution >= 4 is 17.7 Å². The third-order valence-corrected chi connectivity index (χ3v) is 5.17. The Kier molecular flexibility index (Phi) is 17.5. The summed E-state index contributed by atoms with van der Waals surface area (Å²) in [5.74, 6) is -2.47. The van der Waals surface area contributed by atoms with Gasteiger partial charge in [-0.15, -0.1) is 0 Å². The highest BCUT2D eigenvalue weighted by Crippen LogP contribution is 2.19. The van der Waals surface area contributed by atoms with E-state index in [0.29, 0.717) is 12.8 Å². The number of carbonyl (C=O) groups is 3. The highest BCUT2D eigenvalue weighted by Gasteiger charge is 2.47. The van der Waals surface area contributed by atoms with Crippen molar-refractivity contribution < 1.29 is 29.0 Å². The fourth-order valence-corrected chi connectivity index (χ4v) is 3.21. The lowest BCUT2D eigenvalue weighted by Crippen LogP contribution is -2.49. The Bertz CT molecular complexity index is 476. The fourth-order valence-electron chi connectivity index (χ4n) is 3.21. The molecule has 0 rings (SSSR count). The predicted molar refractivity (Wildman–Crippen MR) is 118 cm³/mol. The van der Waals surface area contributed by atoms with Crippen LogP contribution in [-0.4, -0.2) is 41.6 Å². The van der Waals surface area contributed by atoms with Gasteiger partial charge in [0.1, 0.15) is 0 Å². The number of rotatable bonds is 20. The molecule has 0 aliphatic heterocycles. The Labute approximate surface area is 183 Å². The van der Waals surface area contributed by atoms with Crippen molar-refractivity contribution in [3.63, 3.8) is 0 Å². The molecule has 0 spiro atoms. The van der Waals surface area contributed by atoms with Crippen LogP contribution in [0.3, 0.4) is 0 Å². The van der Waals surface area contributed by atoms with Crippen molar-refractivity contribution in [2.45, 2.75) is 123 Å². The molecule has 1 unspecified atom stereocenters. The summed E-state index contributed by atoms with van der Waals surface area (Å²) in [7, 11) is 0. The average molecular weight is 429 g/mol. The Balaban J connectivity index is 4.45. The van der Waals surface area contributed by atoms with Gasteiger partial charge in [0, 0.05) is 6.42 Å². The number of unbranched alkanes of at least 4 members (excludes halogenated alkanes) is 10. The first-order valence-corrected chi connectivity index (χ1v) is 12.0. The van der Waals surface area contributed by atoms with Crippen molar-refractivity contribution in [2.24, 2.45) is 0 Å². The molecule has 1 N–H and O–H groups in total. The van der Waals surface area contributed by atoms with Crippen LogP contribution in [0.2, 0.25) is 0 Å². The lowest BCUT2D eigenvalue weighted by Gasteiger charge is -2.23. The minimum Gasteiger partial charge on any atom is -0.466 e. The molecule has 6 nitrogen and oxygen atoms in total. The maximum absolute atomic E-state index is 12.4. The van der Waals surface area contributed by atoms with E-state index < -0.39 is 29.7 Å². The van der Waals surface area contributed by atoms with Crippen LogP contribution in [0, 0.1) is 0 Å². The Morgan fingerprint density at radius 3 is 1.63 bits per heavy atom. The first-order chi connectivity index (χ1) is 14.4. The van der Waals surface area contributed by atoms with E-state index in [0.717, 1.165) is 44.9 Å². The number of Topliss-reactive ketones (excluding diaryl/α,β-unsaturated/α-hetero) is 1. The van der Waals surface area contributed by atoms with Crippen molar-refractivity contribution in [1.82, 2.24) is 0 Å². The number of esters is 2. The maximum atomic E-state index is 12.4. The van der Waals surface area contributed by atoms with Gasteiger partial charge >= 0.3 is 11.9 Å². The molecular weight excluding hydrogens is 384 g/mol. The van der Waals surface area contributed by atoms with Crippen LogP contribution in [-0.2, 0) is 23.9 Å². The summed E-state index contributed by atoms with van der Waals surface area (Å²) in [4.78, 5) is 36.9. The quantitative estimate of drug-likeness (QED) is 0.161. The summed E-state index contributed by atoms with van der Waals surface area (Å²) >= 11 is 0. The second-order valence-corrected chi connectivity index (χ2v) is 8.10. The van der Waals surface area contributed by atoms with Gasteiger partial charge in [-0.3, -0.25) is 9.59 Å². The average Bonchev–Trinajstić information content (AvgIpc) is 2.72. The molecule has 176 valence electrons. The van der Waals surface area contributed by atoms with Crippen molar-refractivity contribution in [3.8, 4) is 0 Å². The van der Waals surface area contributed by atoms with E-state index >= 15 is 0 Å². The lowest BCUT2D eigenvalue weighted by molar-refractivity contribution is -0.177. The van der Waals surface area contributed by atoms with Gasteiger partial charge in [-0.1, -0.05) is 85.0 Å². The molecule has 0 saturated carbocycles. The van der Waals surface area contributed by atoms with E-state index in [1.807, 2.05) is 0 Å². The molecule has 0 saturated heterocycles. The molecule has 0 heterocycles. The smallest absolute Gasteiger partial charge is 0.346 e. The molecule has 0 amide bonds. The van der Waals surface area contributed by atoms with E-state index in [4.69, 9.17) is 9.47 Å². The van der Waals surface area contributed by atoms with Crippen LogP contribution >= 0.6 is 0 Å². The predicted octanol–water partition coefficient (Wildman–Crippen LogP) is 5.28. The highest BCUT2D eigenvalue weighted by molar-refractivity contribution is 6.09. The molecule has 0 bridgehead atoms. The molecular formula is C24H44O6. The molecule has 0 aliphatic rings. The van der Waals surface area contributed by atoms with Gasteiger partial charge in [0.05, 0.1) is 19.6 Å². The van der Waals surface area contributed by atoms with Crippen molar-refractivity contribution in [2.75, 3.05) is 13.2 Å². The van der Waals surface area contributed by atoms with E-state index in [-0.39, 0.29) is 19.6 Å². The van der Waals surface area contributed by atoms with Crippen LogP contribution in [0.5, 0.6) is 0 Å². The minimum absolute atomic E-state index is 0.00727. The molecule has 0 aromatic carbocycles. The summed E-state index contributed by atoms with van der Waals surface area (Å²) in [6, 6.07) is 0. The minimum atomic E-state index is -2.45. The van der Waals surface area contributed by atoms with Crippen LogP contribution in [0.25, 0.3) is 0 Å². The summed E-state index contributed by atoms with van der Waals surface area (Å²) in [5.41, 5.74) is -2.45. The van der Waals surface area contributed by atoms with Crippen molar-refractivity contribution in [3.05, 3.63) is 0 Å². The fraction of sp³-hybridized carbons (Fsp3) is 0.875. The first-order valence-electron chi connectivity index (χ1n) is 12.0. The molecule has 0 aromatic rings. The Hall–Kier alpha value is -1.43. The molecule has 0 aromatic heterocycles. The van der Waals surface area contributed by atoms with Gasteiger partial charge in [-0.05, 0) is 19.3 Å². The number of aliphatic hydroxyl groups is 1. The van der Waals surface area contributed by atoms with Gasteiger partial charge in [0.15, 0.2) is 5.78 Å². The van der Waals surface area contributed by atoms with Crippen molar-refractivity contribution in [1.29, 1.82) is 0 Å². The topological polar surface area (TPSA) is 89.9 Å². The van der Waals surface area contributed by atoms with Gasteiger partial charge in [0.25, 0.3) is 0 Å². The Morgan fingerprint density at radius 1 is 0.667 bits per heavy atom. The van der Waals surface area contributed by atoms with Gasteiger partial charge in [-0.2, -0.15) is 0 Å². The van der Waals surface area contributed by atoms with Crippen LogP contribution in [0.1, 0.15) is 117 Å².